The quantitative estimate of drug-likeness (QED) is 0.508. The maximum Gasteiger partial charge on any atom is 0.141 e. The average molecular weight is 374 g/mol. The maximum absolute atomic E-state index is 6.28. The van der Waals surface area contributed by atoms with Gasteiger partial charge in [-0.15, -0.1) is 11.3 Å². The molecule has 0 bridgehead atoms. The summed E-state index contributed by atoms with van der Waals surface area (Å²) in [4.78, 5) is 9.18. The van der Waals surface area contributed by atoms with E-state index in [1.165, 1.54) is 6.33 Å². The second kappa shape index (κ2) is 5.02. The van der Waals surface area contributed by atoms with Gasteiger partial charge >= 0.3 is 0 Å². The van der Waals surface area contributed by atoms with Gasteiger partial charge < -0.3 is 0 Å². The molecule has 19 heavy (non-hydrogen) atoms. The van der Waals surface area contributed by atoms with Crippen molar-refractivity contribution in [3.63, 3.8) is 0 Å². The van der Waals surface area contributed by atoms with Crippen LogP contribution in [0.1, 0.15) is 5.56 Å². The molecule has 2 heterocycles. The summed E-state index contributed by atoms with van der Waals surface area (Å²) < 4.78 is 0.886. The summed E-state index contributed by atoms with van der Waals surface area (Å²) in [5, 5.41) is 4.11. The Bertz CT molecular complexity index is 786. The van der Waals surface area contributed by atoms with Crippen LogP contribution in [0, 0.1) is 6.92 Å². The number of nitrogens with zero attached hydrogens (tertiary/aromatic N) is 2. The molecular formula is C13H7BrCl2N2S. The number of benzene rings is 1. The van der Waals surface area contributed by atoms with Gasteiger partial charge in [0.2, 0.25) is 0 Å². The van der Waals surface area contributed by atoms with Crippen LogP contribution in [0.4, 0.5) is 0 Å². The van der Waals surface area contributed by atoms with E-state index in [9.17, 15) is 0 Å². The molecule has 0 atom stereocenters. The van der Waals surface area contributed by atoms with Crippen molar-refractivity contribution in [1.82, 2.24) is 9.97 Å². The molecule has 3 rings (SSSR count). The van der Waals surface area contributed by atoms with Crippen molar-refractivity contribution in [2.24, 2.45) is 0 Å². The van der Waals surface area contributed by atoms with Crippen molar-refractivity contribution < 1.29 is 0 Å². The summed E-state index contributed by atoms with van der Waals surface area (Å²) in [5.41, 5.74) is 3.09. The number of hydrogen-bond acceptors (Lipinski definition) is 3. The molecule has 96 valence electrons. The number of hydrogen-bond donors (Lipinski definition) is 0. The van der Waals surface area contributed by atoms with Crippen molar-refractivity contribution in [2.75, 3.05) is 0 Å². The van der Waals surface area contributed by atoms with Crippen molar-refractivity contribution in [3.8, 4) is 11.1 Å². The highest BCUT2D eigenvalue weighted by atomic mass is 79.9. The molecule has 0 unspecified atom stereocenters. The fourth-order valence-electron chi connectivity index (χ4n) is 1.98. The third-order valence-electron chi connectivity index (χ3n) is 2.95. The summed E-state index contributed by atoms with van der Waals surface area (Å²) in [6.45, 7) is 1.99. The highest BCUT2D eigenvalue weighted by Crippen LogP contribution is 2.40. The third kappa shape index (κ3) is 2.17. The lowest BCUT2D eigenvalue weighted by Gasteiger charge is -2.08. The van der Waals surface area contributed by atoms with Crippen LogP contribution < -0.4 is 0 Å². The summed E-state index contributed by atoms with van der Waals surface area (Å²) >= 11 is 17.5. The fraction of sp³-hybridized carbons (Fsp3) is 0.0769. The maximum atomic E-state index is 6.28. The summed E-state index contributed by atoms with van der Waals surface area (Å²) in [7, 11) is 0. The number of fused-ring (bicyclic) bond motifs is 1. The second-order valence-electron chi connectivity index (χ2n) is 4.03. The number of rotatable bonds is 1. The SMILES string of the molecule is Cc1c(-c2csc3ncnc(Cl)c23)ccc(Br)c1Cl. The normalized spacial score (nSPS) is 11.2. The van der Waals surface area contributed by atoms with Crippen molar-refractivity contribution in [1.29, 1.82) is 0 Å². The van der Waals surface area contributed by atoms with Gasteiger partial charge in [-0.25, -0.2) is 9.97 Å². The minimum Gasteiger partial charge on any atom is -0.225 e. The van der Waals surface area contributed by atoms with E-state index in [1.54, 1.807) is 11.3 Å². The van der Waals surface area contributed by atoms with Gasteiger partial charge in [0.1, 0.15) is 16.3 Å². The predicted octanol–water partition coefficient (Wildman–Crippen LogP) is 5.74. The monoisotopic (exact) mass is 372 g/mol. The predicted molar refractivity (Wildman–Crippen MR) is 85.3 cm³/mol. The van der Waals surface area contributed by atoms with E-state index in [1.807, 2.05) is 24.4 Å². The molecule has 0 aliphatic rings. The molecule has 0 spiro atoms. The first-order valence-electron chi connectivity index (χ1n) is 5.42. The smallest absolute Gasteiger partial charge is 0.141 e. The molecule has 0 amide bonds. The van der Waals surface area contributed by atoms with Gasteiger partial charge in [-0.05, 0) is 40.0 Å². The van der Waals surface area contributed by atoms with Crippen LogP contribution in [0.3, 0.4) is 0 Å². The Kier molecular flexibility index (Phi) is 3.52. The zero-order valence-corrected chi connectivity index (χ0v) is 13.7. The highest BCUT2D eigenvalue weighted by molar-refractivity contribution is 9.10. The fourth-order valence-corrected chi connectivity index (χ4v) is 3.77. The zero-order chi connectivity index (χ0) is 13.6. The molecule has 0 N–H and O–H groups in total. The topological polar surface area (TPSA) is 25.8 Å². The first-order chi connectivity index (χ1) is 9.09. The number of aromatic nitrogens is 2. The van der Waals surface area contributed by atoms with Gasteiger partial charge in [0.15, 0.2) is 0 Å². The van der Waals surface area contributed by atoms with Gasteiger partial charge in [-0.1, -0.05) is 29.3 Å². The van der Waals surface area contributed by atoms with E-state index >= 15 is 0 Å². The van der Waals surface area contributed by atoms with Gasteiger partial charge in [0, 0.05) is 15.4 Å². The Labute approximate surface area is 132 Å². The molecule has 0 saturated carbocycles. The Hall–Kier alpha value is -0.680. The minimum absolute atomic E-state index is 0.472. The van der Waals surface area contributed by atoms with Crippen LogP contribution in [0.15, 0.2) is 28.3 Å². The van der Waals surface area contributed by atoms with E-state index in [4.69, 9.17) is 23.2 Å². The van der Waals surface area contributed by atoms with Crippen LogP contribution in [-0.4, -0.2) is 9.97 Å². The third-order valence-corrected chi connectivity index (χ3v) is 5.50. The summed E-state index contributed by atoms with van der Waals surface area (Å²) in [6.07, 6.45) is 1.48. The van der Waals surface area contributed by atoms with Gasteiger partial charge in [0.25, 0.3) is 0 Å². The average Bonchev–Trinajstić information content (AvgIpc) is 2.82. The van der Waals surface area contributed by atoms with Gasteiger partial charge in [-0.2, -0.15) is 0 Å². The molecule has 1 aromatic carbocycles. The molecule has 3 aromatic rings. The molecule has 0 aliphatic heterocycles. The first kappa shape index (κ1) is 13.3. The van der Waals surface area contributed by atoms with Gasteiger partial charge in [-0.3, -0.25) is 0 Å². The summed E-state index contributed by atoms with van der Waals surface area (Å²) in [5.74, 6) is 0. The molecule has 2 aromatic heterocycles. The van der Waals surface area contributed by atoms with E-state index < -0.39 is 0 Å². The van der Waals surface area contributed by atoms with E-state index in [2.05, 4.69) is 25.9 Å². The van der Waals surface area contributed by atoms with Crippen LogP contribution >= 0.6 is 50.5 Å². The molecule has 0 saturated heterocycles. The van der Waals surface area contributed by atoms with Crippen LogP contribution in [-0.2, 0) is 0 Å². The molecule has 6 heteroatoms. The zero-order valence-electron chi connectivity index (χ0n) is 9.75. The number of thiophene rings is 1. The molecule has 2 nitrogen and oxygen atoms in total. The van der Waals surface area contributed by atoms with Crippen LogP contribution in [0.25, 0.3) is 21.3 Å². The molecule has 0 fully saturated rings. The van der Waals surface area contributed by atoms with Crippen LogP contribution in [0.5, 0.6) is 0 Å². The standard InChI is InChI=1S/C13H7BrCl2N2S/c1-6-7(2-3-9(14)11(6)15)8-4-19-13-10(8)12(16)17-5-18-13/h2-5H,1H3. The second-order valence-corrected chi connectivity index (χ2v) is 6.48. The van der Waals surface area contributed by atoms with Crippen LogP contribution in [0.2, 0.25) is 10.2 Å². The molecule has 0 radical (unpaired) electrons. The van der Waals surface area contributed by atoms with Crippen molar-refractivity contribution >= 4 is 60.7 Å². The lowest BCUT2D eigenvalue weighted by molar-refractivity contribution is 1.23. The van der Waals surface area contributed by atoms with E-state index in [0.717, 1.165) is 31.4 Å². The number of halogens is 3. The van der Waals surface area contributed by atoms with E-state index in [0.29, 0.717) is 10.2 Å². The van der Waals surface area contributed by atoms with E-state index in [-0.39, 0.29) is 0 Å². The lowest BCUT2D eigenvalue weighted by Crippen LogP contribution is -1.86. The lowest BCUT2D eigenvalue weighted by atomic mass is 10.0. The van der Waals surface area contributed by atoms with Crippen molar-refractivity contribution in [2.45, 2.75) is 6.92 Å². The summed E-state index contributed by atoms with van der Waals surface area (Å²) in [6, 6.07) is 3.96. The highest BCUT2D eigenvalue weighted by Gasteiger charge is 2.15. The Morgan fingerprint density at radius 3 is 2.74 bits per heavy atom. The molecule has 0 aliphatic carbocycles. The Morgan fingerprint density at radius 1 is 1.16 bits per heavy atom. The molecular weight excluding hydrogens is 367 g/mol. The van der Waals surface area contributed by atoms with Crippen molar-refractivity contribution in [3.05, 3.63) is 44.1 Å². The minimum atomic E-state index is 0.472. The Morgan fingerprint density at radius 2 is 1.95 bits per heavy atom. The Balaban J connectivity index is 2.34. The first-order valence-corrected chi connectivity index (χ1v) is 7.85. The largest absolute Gasteiger partial charge is 0.225 e. The van der Waals surface area contributed by atoms with Gasteiger partial charge in [0.05, 0.1) is 10.4 Å².